The molecule has 0 saturated heterocycles. The van der Waals surface area contributed by atoms with E-state index in [2.05, 4.69) is 211 Å². The first kappa shape index (κ1) is 39.2. The maximum absolute atomic E-state index is 6.68. The third-order valence-electron chi connectivity index (χ3n) is 14.9. The van der Waals surface area contributed by atoms with Crippen LogP contribution in [0.25, 0.3) is 94.0 Å². The van der Waals surface area contributed by atoms with E-state index in [1.807, 2.05) is 6.07 Å². The summed E-state index contributed by atoms with van der Waals surface area (Å²) in [6.07, 6.45) is 0. The fraction of sp³-hybridized carbons (Fsp3) is 0.180. The molecule has 13 rings (SSSR count). The Hall–Kier alpha value is -7.24. The molecule has 2 aliphatic rings. The SMILES string of the molecule is CC(C)(C)c1ccc(Nc2cc3c(cc2-c2ccc4c5cc6oc7ccccc7c6cc5n5c4c2Bc2cc4cc(-c6ccccc6)oc4cc2-5)-c2ccc(C(C)(C)C)cc2C3(C)C)cc1. The molecule has 0 spiro atoms. The Kier molecular flexibility index (Phi) is 7.96. The molecule has 0 atom stereocenters. The third kappa shape index (κ3) is 5.71. The lowest BCUT2D eigenvalue weighted by Gasteiger charge is -2.26. The number of fused-ring (bicyclic) bond motifs is 12. The average molecular weight is 855 g/mol. The summed E-state index contributed by atoms with van der Waals surface area (Å²) in [5.74, 6) is 0.877. The van der Waals surface area contributed by atoms with E-state index >= 15 is 0 Å². The Morgan fingerprint density at radius 3 is 2.05 bits per heavy atom. The fourth-order valence-corrected chi connectivity index (χ4v) is 11.3. The maximum atomic E-state index is 6.68. The number of aromatic nitrogens is 1. The molecule has 320 valence electrons. The molecule has 4 heterocycles. The Bertz CT molecular complexity index is 3850. The van der Waals surface area contributed by atoms with Crippen LogP contribution in [0.3, 0.4) is 0 Å². The summed E-state index contributed by atoms with van der Waals surface area (Å²) in [6, 6.07) is 56.2. The van der Waals surface area contributed by atoms with Crippen LogP contribution in [-0.2, 0) is 16.2 Å². The standard InChI is InChI=1S/C61H51BN2O2/c1-59(2,3)36-18-21-38(22-19-36)63-50-32-48-43(39-23-20-37(60(4,5)6)28-47(39)61(48,7)8)29-44(50)41-24-25-42-45-31-56-46(40-16-12-13-17-53(40)65-56)30-51(45)64-52-33-55-35(26-49(52)62-57(41)58(42)64)27-54(66-55)34-14-10-9-11-15-34/h9-33,62-63H,1-8H3. The minimum Gasteiger partial charge on any atom is -0.456 e. The van der Waals surface area contributed by atoms with Crippen LogP contribution in [0.5, 0.6) is 0 Å². The second-order valence-electron chi connectivity index (χ2n) is 21.5. The van der Waals surface area contributed by atoms with Crippen molar-refractivity contribution in [2.45, 2.75) is 71.6 Å². The molecule has 0 amide bonds. The quantitative estimate of drug-likeness (QED) is 0.179. The molecule has 0 radical (unpaired) electrons. The molecule has 5 heteroatoms. The molecule has 4 nitrogen and oxygen atoms in total. The predicted octanol–water partition coefficient (Wildman–Crippen LogP) is 15.1. The van der Waals surface area contributed by atoms with Gasteiger partial charge in [-0.15, -0.1) is 0 Å². The van der Waals surface area contributed by atoms with Crippen molar-refractivity contribution >= 4 is 84.3 Å². The molecular weight excluding hydrogens is 803 g/mol. The average Bonchev–Trinajstić information content (AvgIpc) is 4.03. The van der Waals surface area contributed by atoms with Crippen molar-refractivity contribution in [2.75, 3.05) is 5.32 Å². The Balaban J connectivity index is 1.08. The minimum atomic E-state index is -0.184. The monoisotopic (exact) mass is 854 g/mol. The smallest absolute Gasteiger partial charge is 0.198 e. The van der Waals surface area contributed by atoms with E-state index < -0.39 is 0 Å². The molecule has 8 aromatic carbocycles. The van der Waals surface area contributed by atoms with Gasteiger partial charge in [-0.3, -0.25) is 0 Å². The van der Waals surface area contributed by atoms with Gasteiger partial charge >= 0.3 is 0 Å². The van der Waals surface area contributed by atoms with Crippen LogP contribution in [0.2, 0.25) is 0 Å². The number of benzene rings is 8. The minimum absolute atomic E-state index is 0.0462. The topological polar surface area (TPSA) is 43.2 Å². The van der Waals surface area contributed by atoms with Crippen LogP contribution in [0.1, 0.15) is 77.6 Å². The highest BCUT2D eigenvalue weighted by Crippen LogP contribution is 2.53. The first-order valence-corrected chi connectivity index (χ1v) is 23.4. The van der Waals surface area contributed by atoms with E-state index in [9.17, 15) is 0 Å². The van der Waals surface area contributed by atoms with E-state index in [-0.39, 0.29) is 16.2 Å². The van der Waals surface area contributed by atoms with Gasteiger partial charge in [-0.1, -0.05) is 158 Å². The Morgan fingerprint density at radius 2 is 1.26 bits per heavy atom. The number of nitrogens with one attached hydrogen (secondary N) is 1. The number of furan rings is 2. The maximum Gasteiger partial charge on any atom is 0.198 e. The van der Waals surface area contributed by atoms with Gasteiger partial charge in [-0.05, 0) is 104 Å². The van der Waals surface area contributed by atoms with Crippen LogP contribution < -0.4 is 16.2 Å². The van der Waals surface area contributed by atoms with Gasteiger partial charge in [-0.2, -0.15) is 0 Å². The predicted molar refractivity (Wildman–Crippen MR) is 280 cm³/mol. The lowest BCUT2D eigenvalue weighted by Crippen LogP contribution is -2.37. The van der Waals surface area contributed by atoms with Crippen molar-refractivity contribution in [1.29, 1.82) is 0 Å². The molecule has 1 N–H and O–H groups in total. The lowest BCUT2D eigenvalue weighted by molar-refractivity contribution is 0.584. The van der Waals surface area contributed by atoms with Gasteiger partial charge in [0.1, 0.15) is 22.5 Å². The molecular formula is C61H51BN2O2. The van der Waals surface area contributed by atoms with Gasteiger partial charge in [0.05, 0.1) is 5.52 Å². The summed E-state index contributed by atoms with van der Waals surface area (Å²) in [5, 5.41) is 9.75. The van der Waals surface area contributed by atoms with Gasteiger partial charge in [0.15, 0.2) is 7.28 Å². The second kappa shape index (κ2) is 13.4. The normalized spacial score (nSPS) is 14.0. The highest BCUT2D eigenvalue weighted by molar-refractivity contribution is 6.73. The van der Waals surface area contributed by atoms with Crippen molar-refractivity contribution in [3.05, 3.63) is 174 Å². The van der Waals surface area contributed by atoms with E-state index in [0.29, 0.717) is 0 Å². The van der Waals surface area contributed by atoms with Crippen LogP contribution in [0, 0.1) is 0 Å². The largest absolute Gasteiger partial charge is 0.456 e. The molecule has 0 bridgehead atoms. The van der Waals surface area contributed by atoms with Crippen LogP contribution in [0.4, 0.5) is 11.4 Å². The molecule has 0 saturated carbocycles. The van der Waals surface area contributed by atoms with Crippen LogP contribution >= 0.6 is 0 Å². The molecule has 66 heavy (non-hydrogen) atoms. The Morgan fingerprint density at radius 1 is 0.530 bits per heavy atom. The zero-order valence-electron chi connectivity index (χ0n) is 38.9. The molecule has 1 aliphatic carbocycles. The van der Waals surface area contributed by atoms with Crippen LogP contribution in [-0.4, -0.2) is 11.8 Å². The van der Waals surface area contributed by atoms with Gasteiger partial charge in [-0.25, -0.2) is 0 Å². The summed E-state index contributed by atoms with van der Waals surface area (Å²) in [7, 11) is 0.771. The van der Waals surface area contributed by atoms with Crippen molar-refractivity contribution < 1.29 is 8.83 Å². The zero-order valence-corrected chi connectivity index (χ0v) is 38.9. The van der Waals surface area contributed by atoms with E-state index in [1.54, 1.807) is 0 Å². The lowest BCUT2D eigenvalue weighted by atomic mass is 9.59. The molecule has 3 aromatic heterocycles. The summed E-state index contributed by atoms with van der Waals surface area (Å²) >= 11 is 0. The van der Waals surface area contributed by atoms with Gasteiger partial charge in [0, 0.05) is 72.1 Å². The van der Waals surface area contributed by atoms with Crippen molar-refractivity contribution in [2.24, 2.45) is 0 Å². The van der Waals surface area contributed by atoms with E-state index in [1.165, 1.54) is 71.7 Å². The summed E-state index contributed by atoms with van der Waals surface area (Å²) in [5.41, 5.74) is 22.5. The number of hydrogen-bond acceptors (Lipinski definition) is 3. The van der Waals surface area contributed by atoms with E-state index in [4.69, 9.17) is 8.83 Å². The molecule has 11 aromatic rings. The first-order chi connectivity index (χ1) is 31.7. The van der Waals surface area contributed by atoms with Gasteiger partial charge in [0.2, 0.25) is 0 Å². The molecule has 1 aliphatic heterocycles. The highest BCUT2D eigenvalue weighted by atomic mass is 16.3. The Labute approximate surface area is 386 Å². The van der Waals surface area contributed by atoms with Crippen molar-refractivity contribution in [1.82, 2.24) is 4.57 Å². The number of hydrogen-bond donors (Lipinski definition) is 1. The summed E-state index contributed by atoms with van der Waals surface area (Å²) in [6.45, 7) is 18.6. The van der Waals surface area contributed by atoms with Crippen molar-refractivity contribution in [3.63, 3.8) is 0 Å². The van der Waals surface area contributed by atoms with Gasteiger partial charge in [0.25, 0.3) is 0 Å². The van der Waals surface area contributed by atoms with Crippen molar-refractivity contribution in [3.8, 4) is 39.3 Å². The first-order valence-electron chi connectivity index (χ1n) is 23.4. The number of anilines is 2. The molecule has 0 fully saturated rings. The summed E-state index contributed by atoms with van der Waals surface area (Å²) < 4.78 is 15.7. The van der Waals surface area contributed by atoms with Crippen LogP contribution in [0.15, 0.2) is 160 Å². The second-order valence-corrected chi connectivity index (χ2v) is 21.5. The van der Waals surface area contributed by atoms with Gasteiger partial charge < -0.3 is 18.7 Å². The highest BCUT2D eigenvalue weighted by Gasteiger charge is 2.38. The summed E-state index contributed by atoms with van der Waals surface area (Å²) in [4.78, 5) is 0. The fourth-order valence-electron chi connectivity index (χ4n) is 11.3. The molecule has 0 unspecified atom stereocenters. The number of para-hydroxylation sites is 1. The third-order valence-corrected chi connectivity index (χ3v) is 14.9. The number of rotatable bonds is 4. The van der Waals surface area contributed by atoms with E-state index in [0.717, 1.165) is 74.1 Å². The number of nitrogens with zero attached hydrogens (tertiary/aromatic N) is 1. The zero-order chi connectivity index (χ0) is 45.0.